The van der Waals surface area contributed by atoms with Crippen molar-refractivity contribution in [2.24, 2.45) is 5.92 Å². The maximum Gasteiger partial charge on any atom is 0.225 e. The minimum Gasteiger partial charge on any atom is -0.371 e. The first kappa shape index (κ1) is 17.7. The molecule has 0 atom stereocenters. The van der Waals surface area contributed by atoms with E-state index in [0.717, 1.165) is 56.7 Å². The fourth-order valence-electron chi connectivity index (χ4n) is 3.81. The van der Waals surface area contributed by atoms with E-state index in [1.807, 2.05) is 11.0 Å². The normalized spacial score (nSPS) is 15.6. The minimum atomic E-state index is 0.176. The first-order valence-corrected chi connectivity index (χ1v) is 9.60. The lowest BCUT2D eigenvalue weighted by atomic mass is 9.94. The highest BCUT2D eigenvalue weighted by Gasteiger charge is 2.28. The number of aryl methyl sites for hydroxylation is 1. The van der Waals surface area contributed by atoms with Crippen LogP contribution in [0.4, 0.5) is 5.69 Å². The van der Waals surface area contributed by atoms with Crippen LogP contribution < -0.4 is 4.90 Å². The fraction of sp³-hybridized carbons (Fsp3) is 0.524. The summed E-state index contributed by atoms with van der Waals surface area (Å²) in [5, 5.41) is 1.22. The Bertz CT molecular complexity index is 731. The van der Waals surface area contributed by atoms with Gasteiger partial charge in [-0.3, -0.25) is 9.78 Å². The van der Waals surface area contributed by atoms with E-state index in [0.29, 0.717) is 5.91 Å². The van der Waals surface area contributed by atoms with Crippen LogP contribution in [0.1, 0.15) is 39.3 Å². The van der Waals surface area contributed by atoms with Gasteiger partial charge in [-0.25, -0.2) is 0 Å². The molecule has 0 unspecified atom stereocenters. The van der Waals surface area contributed by atoms with E-state index in [9.17, 15) is 4.79 Å². The zero-order valence-corrected chi connectivity index (χ0v) is 15.7. The van der Waals surface area contributed by atoms with Gasteiger partial charge in [-0.15, -0.1) is 0 Å². The summed E-state index contributed by atoms with van der Waals surface area (Å²) in [6, 6.07) is 10.6. The molecule has 0 spiro atoms. The first-order chi connectivity index (χ1) is 12.2. The lowest BCUT2D eigenvalue weighted by Gasteiger charge is -2.35. The van der Waals surface area contributed by atoms with E-state index in [1.54, 1.807) is 0 Å². The van der Waals surface area contributed by atoms with Crippen molar-refractivity contribution in [2.75, 3.05) is 31.1 Å². The number of rotatable bonds is 5. The smallest absolute Gasteiger partial charge is 0.225 e. The van der Waals surface area contributed by atoms with Gasteiger partial charge in [-0.2, -0.15) is 0 Å². The van der Waals surface area contributed by atoms with E-state index in [2.05, 4.69) is 49.9 Å². The Balaban J connectivity index is 1.79. The van der Waals surface area contributed by atoms with Crippen molar-refractivity contribution >= 4 is 22.5 Å². The van der Waals surface area contributed by atoms with E-state index in [4.69, 9.17) is 4.98 Å². The number of amides is 1. The predicted molar refractivity (Wildman–Crippen MR) is 104 cm³/mol. The second-order valence-electron chi connectivity index (χ2n) is 6.78. The molecule has 4 nitrogen and oxygen atoms in total. The third kappa shape index (κ3) is 3.63. The van der Waals surface area contributed by atoms with E-state index in [1.165, 1.54) is 11.1 Å². The first-order valence-electron chi connectivity index (χ1n) is 9.60. The Hall–Kier alpha value is -2.10. The van der Waals surface area contributed by atoms with Gasteiger partial charge < -0.3 is 9.80 Å². The van der Waals surface area contributed by atoms with Crippen LogP contribution in [0.5, 0.6) is 0 Å². The summed E-state index contributed by atoms with van der Waals surface area (Å²) >= 11 is 0. The Morgan fingerprint density at radius 2 is 1.84 bits per heavy atom. The molecule has 1 amide bonds. The summed E-state index contributed by atoms with van der Waals surface area (Å²) in [7, 11) is 0. The van der Waals surface area contributed by atoms with Crippen molar-refractivity contribution in [3.63, 3.8) is 0 Å². The standard InChI is InChI=1S/C21H29N3O/c1-4-17-15-20(18-9-7-8-10-19(18)22-17)24-13-11-16(12-14-24)21(25)23(5-2)6-3/h7-10,15-16H,4-6,11-14H2,1-3H3. The molecule has 2 aromatic rings. The minimum absolute atomic E-state index is 0.176. The molecular formula is C21H29N3O. The summed E-state index contributed by atoms with van der Waals surface area (Å²) in [5.74, 6) is 0.508. The van der Waals surface area contributed by atoms with Crippen molar-refractivity contribution in [2.45, 2.75) is 40.0 Å². The zero-order chi connectivity index (χ0) is 17.8. The van der Waals surface area contributed by atoms with Crippen molar-refractivity contribution in [3.8, 4) is 0 Å². The monoisotopic (exact) mass is 339 g/mol. The third-order valence-electron chi connectivity index (χ3n) is 5.37. The number of hydrogen-bond donors (Lipinski definition) is 0. The van der Waals surface area contributed by atoms with Crippen LogP contribution in [0, 0.1) is 5.92 Å². The molecule has 1 aromatic carbocycles. The molecule has 0 N–H and O–H groups in total. The molecule has 0 bridgehead atoms. The molecule has 1 aliphatic heterocycles. The van der Waals surface area contributed by atoms with E-state index < -0.39 is 0 Å². The van der Waals surface area contributed by atoms with Gasteiger partial charge >= 0.3 is 0 Å². The predicted octanol–water partition coefficient (Wildman–Crippen LogP) is 3.88. The molecule has 1 fully saturated rings. The number of hydrogen-bond acceptors (Lipinski definition) is 3. The number of anilines is 1. The number of aromatic nitrogens is 1. The van der Waals surface area contributed by atoms with Crippen LogP contribution in [0.3, 0.4) is 0 Å². The second-order valence-corrected chi connectivity index (χ2v) is 6.78. The quantitative estimate of drug-likeness (QED) is 0.829. The van der Waals surface area contributed by atoms with Gasteiger partial charge in [-0.1, -0.05) is 25.1 Å². The van der Waals surface area contributed by atoms with Crippen LogP contribution in [0.25, 0.3) is 10.9 Å². The molecule has 0 aliphatic carbocycles. The molecule has 1 aromatic heterocycles. The van der Waals surface area contributed by atoms with E-state index in [-0.39, 0.29) is 5.92 Å². The zero-order valence-electron chi connectivity index (χ0n) is 15.7. The largest absolute Gasteiger partial charge is 0.371 e. The molecule has 25 heavy (non-hydrogen) atoms. The molecular weight excluding hydrogens is 310 g/mol. The number of para-hydroxylation sites is 1. The van der Waals surface area contributed by atoms with Crippen LogP contribution in [0.2, 0.25) is 0 Å². The molecule has 2 heterocycles. The molecule has 134 valence electrons. The highest BCUT2D eigenvalue weighted by atomic mass is 16.2. The molecule has 1 saturated heterocycles. The number of benzene rings is 1. The summed E-state index contributed by atoms with van der Waals surface area (Å²) in [6.45, 7) is 9.77. The number of piperidine rings is 1. The molecule has 4 heteroatoms. The highest BCUT2D eigenvalue weighted by Crippen LogP contribution is 2.31. The van der Waals surface area contributed by atoms with Gasteiger partial charge in [0.1, 0.15) is 0 Å². The molecule has 0 saturated carbocycles. The van der Waals surface area contributed by atoms with Crippen molar-refractivity contribution in [1.82, 2.24) is 9.88 Å². The topological polar surface area (TPSA) is 36.4 Å². The van der Waals surface area contributed by atoms with Crippen molar-refractivity contribution in [3.05, 3.63) is 36.0 Å². The molecule has 3 rings (SSSR count). The maximum absolute atomic E-state index is 12.6. The average molecular weight is 339 g/mol. The molecule has 0 radical (unpaired) electrons. The van der Waals surface area contributed by atoms with Gasteiger partial charge in [0.05, 0.1) is 5.52 Å². The summed E-state index contributed by atoms with van der Waals surface area (Å²) < 4.78 is 0. The number of carbonyl (C=O) groups is 1. The maximum atomic E-state index is 12.6. The van der Waals surface area contributed by atoms with Crippen molar-refractivity contribution < 1.29 is 4.79 Å². The number of nitrogens with zero attached hydrogens (tertiary/aromatic N) is 3. The Morgan fingerprint density at radius 3 is 2.48 bits per heavy atom. The van der Waals surface area contributed by atoms with Crippen LogP contribution >= 0.6 is 0 Å². The number of carbonyl (C=O) groups excluding carboxylic acids is 1. The lowest BCUT2D eigenvalue weighted by Crippen LogP contribution is -2.42. The summed E-state index contributed by atoms with van der Waals surface area (Å²) in [4.78, 5) is 21.8. The van der Waals surface area contributed by atoms with Gasteiger partial charge in [0.2, 0.25) is 5.91 Å². The van der Waals surface area contributed by atoms with Crippen LogP contribution in [0.15, 0.2) is 30.3 Å². The SMILES string of the molecule is CCc1cc(N2CCC(C(=O)N(CC)CC)CC2)c2ccccc2n1. The fourth-order valence-corrected chi connectivity index (χ4v) is 3.81. The Kier molecular flexibility index (Phi) is 5.57. The van der Waals surface area contributed by atoms with Crippen molar-refractivity contribution in [1.29, 1.82) is 0 Å². The van der Waals surface area contributed by atoms with Crippen LogP contribution in [-0.4, -0.2) is 42.0 Å². The number of pyridine rings is 1. The Morgan fingerprint density at radius 1 is 1.16 bits per heavy atom. The number of fused-ring (bicyclic) bond motifs is 1. The highest BCUT2D eigenvalue weighted by molar-refractivity contribution is 5.92. The van der Waals surface area contributed by atoms with E-state index >= 15 is 0 Å². The van der Waals surface area contributed by atoms with Gasteiger partial charge in [-0.05, 0) is 45.2 Å². The van der Waals surface area contributed by atoms with Crippen LogP contribution in [-0.2, 0) is 11.2 Å². The average Bonchev–Trinajstić information content (AvgIpc) is 2.68. The Labute approximate surface area is 150 Å². The van der Waals surface area contributed by atoms with Gasteiger partial charge in [0.25, 0.3) is 0 Å². The van der Waals surface area contributed by atoms with Gasteiger partial charge in [0, 0.05) is 48.9 Å². The summed E-state index contributed by atoms with van der Waals surface area (Å²) in [5.41, 5.74) is 3.48. The second kappa shape index (κ2) is 7.85. The molecule has 1 aliphatic rings. The lowest BCUT2D eigenvalue weighted by molar-refractivity contribution is -0.135. The third-order valence-corrected chi connectivity index (χ3v) is 5.37. The van der Waals surface area contributed by atoms with Gasteiger partial charge in [0.15, 0.2) is 0 Å². The summed E-state index contributed by atoms with van der Waals surface area (Å²) in [6.07, 6.45) is 2.82.